The molecule has 1 aromatic rings. The van der Waals surface area contributed by atoms with Crippen molar-refractivity contribution in [3.05, 3.63) is 16.1 Å². The number of hydrogen-bond donors (Lipinski definition) is 0. The van der Waals surface area contributed by atoms with Crippen molar-refractivity contribution >= 4 is 17.1 Å². The zero-order valence-electron chi connectivity index (χ0n) is 8.67. The first-order valence-electron chi connectivity index (χ1n) is 4.43. The molecule has 1 atom stereocenters. The highest BCUT2D eigenvalue weighted by molar-refractivity contribution is 7.13. The van der Waals surface area contributed by atoms with Crippen molar-refractivity contribution in [2.45, 2.75) is 25.6 Å². The second-order valence-electron chi connectivity index (χ2n) is 3.20. The third-order valence-corrected chi connectivity index (χ3v) is 2.98. The van der Waals surface area contributed by atoms with Crippen molar-refractivity contribution in [1.82, 2.24) is 4.98 Å². The highest BCUT2D eigenvalue weighted by Crippen LogP contribution is 2.32. The number of rotatable bonds is 4. The second-order valence-corrected chi connectivity index (χ2v) is 4.23. The van der Waals surface area contributed by atoms with Gasteiger partial charge in [-0.2, -0.15) is 13.2 Å². The summed E-state index contributed by atoms with van der Waals surface area (Å²) in [5.74, 6) is -0.387. The van der Waals surface area contributed by atoms with Gasteiger partial charge < -0.3 is 4.74 Å². The lowest BCUT2D eigenvalue weighted by atomic mass is 10.2. The maximum Gasteiger partial charge on any atom is 0.443 e. The molecular formula is C9H10F3NO2S. The van der Waals surface area contributed by atoms with E-state index in [-0.39, 0.29) is 23.2 Å². The minimum absolute atomic E-state index is 0.0104. The van der Waals surface area contributed by atoms with Gasteiger partial charge in [-0.15, -0.1) is 11.3 Å². The van der Waals surface area contributed by atoms with Crippen molar-refractivity contribution in [2.24, 2.45) is 0 Å². The topological polar surface area (TPSA) is 39.2 Å². The highest BCUT2D eigenvalue weighted by Gasteiger charge is 2.35. The van der Waals surface area contributed by atoms with Crippen molar-refractivity contribution < 1.29 is 22.7 Å². The molecule has 0 N–H and O–H groups in total. The quantitative estimate of drug-likeness (QED) is 0.774. The normalized spacial score (nSPS) is 13.8. The fraction of sp³-hybridized carbons (Fsp3) is 0.556. The van der Waals surface area contributed by atoms with Crippen LogP contribution in [-0.4, -0.2) is 24.0 Å². The first kappa shape index (κ1) is 13.1. The summed E-state index contributed by atoms with van der Waals surface area (Å²) in [7, 11) is 1.44. The number of methoxy groups -OCH3 is 1. The van der Waals surface area contributed by atoms with E-state index in [4.69, 9.17) is 4.74 Å². The summed E-state index contributed by atoms with van der Waals surface area (Å²) in [6.07, 6.45) is -3.80. The molecular weight excluding hydrogens is 243 g/mol. The SMILES string of the molecule is COC(C)CC(=O)c1cnc(C(F)(F)F)s1. The van der Waals surface area contributed by atoms with Gasteiger partial charge >= 0.3 is 6.18 Å². The maximum absolute atomic E-state index is 12.2. The van der Waals surface area contributed by atoms with Gasteiger partial charge in [-0.3, -0.25) is 4.79 Å². The number of halogens is 3. The summed E-state index contributed by atoms with van der Waals surface area (Å²) in [6.45, 7) is 1.67. The molecule has 1 heterocycles. The van der Waals surface area contributed by atoms with Gasteiger partial charge in [-0.05, 0) is 6.92 Å². The van der Waals surface area contributed by atoms with E-state index in [1.54, 1.807) is 6.92 Å². The molecule has 90 valence electrons. The molecule has 0 bridgehead atoms. The van der Waals surface area contributed by atoms with Gasteiger partial charge in [0.1, 0.15) is 0 Å². The predicted molar refractivity (Wildman–Crippen MR) is 52.5 cm³/mol. The molecule has 0 amide bonds. The Morgan fingerprint density at radius 1 is 1.62 bits per heavy atom. The zero-order chi connectivity index (χ0) is 12.3. The van der Waals surface area contributed by atoms with Crippen molar-refractivity contribution in [3.63, 3.8) is 0 Å². The highest BCUT2D eigenvalue weighted by atomic mass is 32.1. The molecule has 0 spiro atoms. The number of nitrogens with zero attached hydrogens (tertiary/aromatic N) is 1. The first-order chi connectivity index (χ1) is 7.34. The molecule has 0 aliphatic heterocycles. The molecule has 7 heteroatoms. The Balaban J connectivity index is 2.75. The van der Waals surface area contributed by atoms with Crippen LogP contribution in [0.15, 0.2) is 6.20 Å². The van der Waals surface area contributed by atoms with Gasteiger partial charge in [-0.1, -0.05) is 0 Å². The number of carbonyl (C=O) groups is 1. The molecule has 0 saturated heterocycles. The van der Waals surface area contributed by atoms with Gasteiger partial charge in [0.25, 0.3) is 0 Å². The number of carbonyl (C=O) groups excluding carboxylic acids is 1. The average Bonchev–Trinajstić information content (AvgIpc) is 2.65. The monoisotopic (exact) mass is 253 g/mol. The number of aromatic nitrogens is 1. The molecule has 3 nitrogen and oxygen atoms in total. The van der Waals surface area contributed by atoms with Crippen LogP contribution in [-0.2, 0) is 10.9 Å². The summed E-state index contributed by atoms with van der Waals surface area (Å²) in [5, 5.41) is -0.999. The lowest BCUT2D eigenvalue weighted by Gasteiger charge is -2.06. The van der Waals surface area contributed by atoms with E-state index >= 15 is 0 Å². The Labute approximate surface area is 94.3 Å². The smallest absolute Gasteiger partial charge is 0.381 e. The molecule has 0 fully saturated rings. The van der Waals surface area contributed by atoms with Gasteiger partial charge in [-0.25, -0.2) is 4.98 Å². The fourth-order valence-corrected chi connectivity index (χ4v) is 1.71. The number of hydrogen-bond acceptors (Lipinski definition) is 4. The maximum atomic E-state index is 12.2. The minimum Gasteiger partial charge on any atom is -0.381 e. The van der Waals surface area contributed by atoms with Crippen molar-refractivity contribution in [1.29, 1.82) is 0 Å². The van der Waals surface area contributed by atoms with E-state index in [1.807, 2.05) is 0 Å². The zero-order valence-corrected chi connectivity index (χ0v) is 9.48. The molecule has 0 saturated carbocycles. The van der Waals surface area contributed by atoms with Gasteiger partial charge in [0.05, 0.1) is 11.0 Å². The van der Waals surface area contributed by atoms with E-state index in [0.29, 0.717) is 11.3 Å². The third kappa shape index (κ3) is 3.28. The summed E-state index contributed by atoms with van der Waals surface area (Å²) < 4.78 is 41.5. The molecule has 16 heavy (non-hydrogen) atoms. The van der Waals surface area contributed by atoms with Crippen LogP contribution in [0.4, 0.5) is 13.2 Å². The van der Waals surface area contributed by atoms with Gasteiger partial charge in [0, 0.05) is 19.7 Å². The summed E-state index contributed by atoms with van der Waals surface area (Å²) in [5.41, 5.74) is 0. The molecule has 0 aromatic carbocycles. The molecule has 0 radical (unpaired) electrons. The van der Waals surface area contributed by atoms with Crippen LogP contribution in [0, 0.1) is 0 Å². The van der Waals surface area contributed by atoms with Crippen molar-refractivity contribution in [3.8, 4) is 0 Å². The molecule has 0 aliphatic carbocycles. The number of ether oxygens (including phenoxy) is 1. The van der Waals surface area contributed by atoms with Gasteiger partial charge in [0.2, 0.25) is 0 Å². The minimum atomic E-state index is -4.49. The Bertz CT molecular complexity index is 375. The van der Waals surface area contributed by atoms with Crippen LogP contribution in [0.5, 0.6) is 0 Å². The number of Topliss-reactive ketones (excluding diaryl/α,β-unsaturated/α-hetero) is 1. The van der Waals surface area contributed by atoms with E-state index in [1.165, 1.54) is 7.11 Å². The predicted octanol–water partition coefficient (Wildman–Crippen LogP) is 2.77. The first-order valence-corrected chi connectivity index (χ1v) is 5.25. The second kappa shape index (κ2) is 4.92. The van der Waals surface area contributed by atoms with Crippen LogP contribution >= 0.6 is 11.3 Å². The van der Waals surface area contributed by atoms with Crippen LogP contribution in [0.2, 0.25) is 0 Å². The van der Waals surface area contributed by atoms with Crippen molar-refractivity contribution in [2.75, 3.05) is 7.11 Å². The van der Waals surface area contributed by atoms with Crippen LogP contribution < -0.4 is 0 Å². The van der Waals surface area contributed by atoms with E-state index < -0.39 is 11.2 Å². The van der Waals surface area contributed by atoms with Crippen LogP contribution in [0.25, 0.3) is 0 Å². The van der Waals surface area contributed by atoms with Gasteiger partial charge in [0.15, 0.2) is 10.8 Å². The van der Waals surface area contributed by atoms with E-state index in [0.717, 1.165) is 6.20 Å². The number of ketones is 1. The standard InChI is InChI=1S/C9H10F3NO2S/c1-5(15-2)3-6(14)7-4-13-8(16-7)9(10,11)12/h4-5H,3H2,1-2H3. The average molecular weight is 253 g/mol. The third-order valence-electron chi connectivity index (χ3n) is 1.90. The lowest BCUT2D eigenvalue weighted by Crippen LogP contribution is -2.11. The van der Waals surface area contributed by atoms with E-state index in [9.17, 15) is 18.0 Å². The fourth-order valence-electron chi connectivity index (χ4n) is 0.979. The number of thiazole rings is 1. The lowest BCUT2D eigenvalue weighted by molar-refractivity contribution is -0.137. The van der Waals surface area contributed by atoms with Crippen LogP contribution in [0.1, 0.15) is 28.0 Å². The van der Waals surface area contributed by atoms with Crippen LogP contribution in [0.3, 0.4) is 0 Å². The summed E-state index contributed by atoms with van der Waals surface area (Å²) >= 11 is 0.359. The summed E-state index contributed by atoms with van der Waals surface area (Å²) in [4.78, 5) is 14.7. The largest absolute Gasteiger partial charge is 0.443 e. The molecule has 0 aliphatic rings. The molecule has 1 rings (SSSR count). The Morgan fingerprint density at radius 2 is 2.25 bits per heavy atom. The molecule has 1 aromatic heterocycles. The van der Waals surface area contributed by atoms with E-state index in [2.05, 4.69) is 4.98 Å². The molecule has 1 unspecified atom stereocenters. The Morgan fingerprint density at radius 3 is 2.69 bits per heavy atom. The number of alkyl halides is 3. The Kier molecular flexibility index (Phi) is 4.03. The summed E-state index contributed by atoms with van der Waals surface area (Å²) in [6, 6.07) is 0. The Hall–Kier alpha value is -0.950.